The van der Waals surface area contributed by atoms with E-state index in [1.165, 1.54) is 29.4 Å². The van der Waals surface area contributed by atoms with Crippen LogP contribution in [0, 0.1) is 13.8 Å². The highest BCUT2D eigenvalue weighted by Gasteiger charge is 2.39. The van der Waals surface area contributed by atoms with Gasteiger partial charge in [-0.15, -0.1) is 0 Å². The number of nitrogens with zero attached hydrogens (tertiary/aromatic N) is 2. The van der Waals surface area contributed by atoms with Crippen LogP contribution in [-0.4, -0.2) is 75.6 Å². The molecule has 8 nitrogen and oxygen atoms in total. The van der Waals surface area contributed by atoms with Gasteiger partial charge in [-0.05, 0) is 67.6 Å². The van der Waals surface area contributed by atoms with Crippen molar-refractivity contribution in [3.8, 4) is 5.75 Å². The fourth-order valence-corrected chi connectivity index (χ4v) is 6.55. The van der Waals surface area contributed by atoms with Crippen molar-refractivity contribution >= 4 is 27.5 Å². The average Bonchev–Trinajstić information content (AvgIpc) is 2.87. The summed E-state index contributed by atoms with van der Waals surface area (Å²) in [5, 5.41) is 10.6. The van der Waals surface area contributed by atoms with Gasteiger partial charge in [0.2, 0.25) is 15.9 Å². The van der Waals surface area contributed by atoms with Crippen LogP contribution in [0.15, 0.2) is 35.2 Å². The molecule has 0 unspecified atom stereocenters. The molecule has 0 aromatic heterocycles. The summed E-state index contributed by atoms with van der Waals surface area (Å²) in [6.07, 6.45) is -4.45. The Bertz CT molecular complexity index is 1310. The standard InChI is InChI=1S/C27H34ClF3N2O6S/c1-18-15-21(38-4)16-19(2)25(18)40(36,37)32(3)12-14-39-13-7-24(34)33-10-8-26(35,9-11-33)20-5-6-23(28)22(17-20)27(29,30)31/h5-6,15-17,35H,7-14H2,1-4H3. The molecule has 13 heteroatoms. The van der Waals surface area contributed by atoms with Gasteiger partial charge in [0.15, 0.2) is 0 Å². The van der Waals surface area contributed by atoms with Crippen molar-refractivity contribution < 1.29 is 41.0 Å². The molecule has 0 radical (unpaired) electrons. The van der Waals surface area contributed by atoms with Crippen LogP contribution in [0.2, 0.25) is 5.02 Å². The molecular weight excluding hydrogens is 573 g/mol. The zero-order valence-electron chi connectivity index (χ0n) is 22.8. The summed E-state index contributed by atoms with van der Waals surface area (Å²) in [5.41, 5.74) is -1.27. The zero-order valence-corrected chi connectivity index (χ0v) is 24.4. The first-order valence-corrected chi connectivity index (χ1v) is 14.5. The third-order valence-corrected chi connectivity index (χ3v) is 9.59. The number of rotatable bonds is 10. The van der Waals surface area contributed by atoms with Crippen molar-refractivity contribution in [2.45, 2.75) is 49.8 Å². The number of halogens is 4. The highest BCUT2D eigenvalue weighted by atomic mass is 35.5. The Hall–Kier alpha value is -2.38. The predicted molar refractivity (Wildman–Crippen MR) is 144 cm³/mol. The first kappa shape index (κ1) is 32.1. The number of ether oxygens (including phenoxy) is 2. The van der Waals surface area contributed by atoms with Crippen molar-refractivity contribution in [2.24, 2.45) is 0 Å². The summed E-state index contributed by atoms with van der Waals surface area (Å²) in [4.78, 5) is 14.4. The molecule has 1 aliphatic rings. The first-order valence-electron chi connectivity index (χ1n) is 12.7. The monoisotopic (exact) mass is 606 g/mol. The number of amides is 1. The number of carbonyl (C=O) groups excluding carboxylic acids is 1. The minimum atomic E-state index is -4.65. The first-order chi connectivity index (χ1) is 18.6. The van der Waals surface area contributed by atoms with Crippen LogP contribution in [0.1, 0.15) is 41.5 Å². The van der Waals surface area contributed by atoms with E-state index in [2.05, 4.69) is 0 Å². The Morgan fingerprint density at radius 3 is 2.27 bits per heavy atom. The number of aliphatic hydroxyl groups is 1. The van der Waals surface area contributed by atoms with Crippen LogP contribution in [0.3, 0.4) is 0 Å². The lowest BCUT2D eigenvalue weighted by molar-refractivity contribution is -0.137. The number of likely N-dealkylation sites (tertiary alicyclic amines) is 1. The highest BCUT2D eigenvalue weighted by molar-refractivity contribution is 7.89. The third kappa shape index (κ3) is 7.27. The molecule has 1 N–H and O–H groups in total. The van der Waals surface area contributed by atoms with E-state index in [1.807, 2.05) is 0 Å². The Balaban J connectivity index is 1.47. The number of carbonyl (C=O) groups is 1. The van der Waals surface area contributed by atoms with E-state index in [-0.39, 0.29) is 68.5 Å². The number of likely N-dealkylation sites (N-methyl/N-ethyl adjacent to an activating group) is 1. The van der Waals surface area contributed by atoms with Crippen LogP contribution >= 0.6 is 11.6 Å². The van der Waals surface area contributed by atoms with E-state index in [0.717, 1.165) is 12.1 Å². The van der Waals surface area contributed by atoms with Gasteiger partial charge in [0, 0.05) is 26.7 Å². The lowest BCUT2D eigenvalue weighted by Crippen LogP contribution is -2.45. The van der Waals surface area contributed by atoms with Gasteiger partial charge in [0.1, 0.15) is 5.75 Å². The van der Waals surface area contributed by atoms with Crippen molar-refractivity contribution in [3.63, 3.8) is 0 Å². The van der Waals surface area contributed by atoms with Gasteiger partial charge in [-0.25, -0.2) is 8.42 Å². The normalized spacial score (nSPS) is 15.9. The number of sulfonamides is 1. The van der Waals surface area contributed by atoms with Gasteiger partial charge in [0.05, 0.1) is 47.8 Å². The second kappa shape index (κ2) is 12.6. The van der Waals surface area contributed by atoms with Crippen molar-refractivity contribution in [2.75, 3.05) is 47.0 Å². The number of alkyl halides is 3. The zero-order chi connectivity index (χ0) is 29.9. The minimum Gasteiger partial charge on any atom is -0.497 e. The molecule has 222 valence electrons. The van der Waals surface area contributed by atoms with Gasteiger partial charge in [-0.3, -0.25) is 4.79 Å². The quantitative estimate of drug-likeness (QED) is 0.400. The molecule has 40 heavy (non-hydrogen) atoms. The maximum atomic E-state index is 13.2. The summed E-state index contributed by atoms with van der Waals surface area (Å²) in [6, 6.07) is 6.67. The fraction of sp³-hybridized carbons (Fsp3) is 0.519. The molecule has 0 aliphatic carbocycles. The topological polar surface area (TPSA) is 96.4 Å². The number of methoxy groups -OCH3 is 1. The van der Waals surface area contributed by atoms with Crippen LogP contribution in [-0.2, 0) is 31.3 Å². The Kier molecular flexibility index (Phi) is 10.2. The number of hydrogen-bond donors (Lipinski definition) is 1. The molecule has 2 aromatic carbocycles. The highest BCUT2D eigenvalue weighted by Crippen LogP contribution is 2.40. The van der Waals surface area contributed by atoms with Crippen LogP contribution in [0.4, 0.5) is 13.2 Å². The Morgan fingerprint density at radius 2 is 1.73 bits per heavy atom. The van der Waals surface area contributed by atoms with Gasteiger partial charge in [0.25, 0.3) is 0 Å². The number of aryl methyl sites for hydroxylation is 2. The van der Waals surface area contributed by atoms with E-state index in [4.69, 9.17) is 21.1 Å². The smallest absolute Gasteiger partial charge is 0.417 e. The van der Waals surface area contributed by atoms with Crippen molar-refractivity contribution in [1.82, 2.24) is 9.21 Å². The van der Waals surface area contributed by atoms with Crippen molar-refractivity contribution in [1.29, 1.82) is 0 Å². The predicted octanol–water partition coefficient (Wildman–Crippen LogP) is 4.52. The minimum absolute atomic E-state index is 0.0464. The van der Waals surface area contributed by atoms with Gasteiger partial charge in [-0.2, -0.15) is 17.5 Å². The second-order valence-corrected chi connectivity index (χ2v) is 12.3. The maximum Gasteiger partial charge on any atom is 0.417 e. The summed E-state index contributed by atoms with van der Waals surface area (Å²) in [7, 11) is -0.793. The van der Waals surface area contributed by atoms with Crippen molar-refractivity contribution in [3.05, 3.63) is 57.6 Å². The lowest BCUT2D eigenvalue weighted by Gasteiger charge is -2.39. The molecule has 1 saturated heterocycles. The molecule has 3 rings (SSSR count). The molecule has 1 amide bonds. The molecule has 1 heterocycles. The van der Waals surface area contributed by atoms with E-state index in [0.29, 0.717) is 16.9 Å². The fourth-order valence-electron chi connectivity index (χ4n) is 4.77. The van der Waals surface area contributed by atoms with E-state index in [1.54, 1.807) is 26.0 Å². The summed E-state index contributed by atoms with van der Waals surface area (Å²) in [6.45, 7) is 3.97. The second-order valence-electron chi connectivity index (χ2n) is 9.88. The summed E-state index contributed by atoms with van der Waals surface area (Å²) < 4.78 is 77.8. The number of piperidine rings is 1. The number of hydrogen-bond acceptors (Lipinski definition) is 6. The maximum absolute atomic E-state index is 13.2. The molecule has 0 spiro atoms. The molecule has 0 saturated carbocycles. The number of benzene rings is 2. The van der Waals surface area contributed by atoms with Gasteiger partial charge < -0.3 is 19.5 Å². The van der Waals surface area contributed by atoms with Gasteiger partial charge >= 0.3 is 6.18 Å². The Labute approximate surface area is 237 Å². The molecule has 0 bridgehead atoms. The molecule has 1 fully saturated rings. The molecule has 2 aromatic rings. The molecule has 0 atom stereocenters. The van der Waals surface area contributed by atoms with E-state index in [9.17, 15) is 31.5 Å². The molecule has 1 aliphatic heterocycles. The Morgan fingerprint density at radius 1 is 1.12 bits per heavy atom. The van der Waals surface area contributed by atoms with E-state index < -0.39 is 32.4 Å². The lowest BCUT2D eigenvalue weighted by atomic mass is 9.83. The van der Waals surface area contributed by atoms with Crippen LogP contribution in [0.5, 0.6) is 5.75 Å². The molecular formula is C27H34ClF3N2O6S. The third-order valence-electron chi connectivity index (χ3n) is 7.10. The van der Waals surface area contributed by atoms with Crippen LogP contribution < -0.4 is 4.74 Å². The average molecular weight is 607 g/mol. The van der Waals surface area contributed by atoms with Gasteiger partial charge in [-0.1, -0.05) is 17.7 Å². The SMILES string of the molecule is COc1cc(C)c(S(=O)(=O)N(C)CCOCCC(=O)N2CCC(O)(c3ccc(Cl)c(C(F)(F)F)c3)CC2)c(C)c1. The summed E-state index contributed by atoms with van der Waals surface area (Å²) in [5.74, 6) is 0.350. The van der Waals surface area contributed by atoms with Crippen LogP contribution in [0.25, 0.3) is 0 Å². The largest absolute Gasteiger partial charge is 0.497 e. The van der Waals surface area contributed by atoms with E-state index >= 15 is 0 Å². The summed E-state index contributed by atoms with van der Waals surface area (Å²) >= 11 is 5.69.